The molecule has 0 aliphatic carbocycles. The molecular weight excluding hydrogens is 395 g/mol. The molecule has 0 aliphatic rings. The molecule has 0 fully saturated rings. The fourth-order valence-corrected chi connectivity index (χ4v) is 2.41. The number of rotatable bonds is 2. The maximum absolute atomic E-state index is 12.0. The van der Waals surface area contributed by atoms with Crippen LogP contribution in [0, 0.1) is 0 Å². The Balaban J connectivity index is 2.03. The molecule has 1 amide bonds. The predicted octanol–water partition coefficient (Wildman–Crippen LogP) is 4.88. The van der Waals surface area contributed by atoms with Crippen molar-refractivity contribution in [3.8, 4) is 0 Å². The highest BCUT2D eigenvalue weighted by Gasteiger charge is 2.11. The van der Waals surface area contributed by atoms with Gasteiger partial charge in [-0.05, 0) is 58.5 Å². The first-order chi connectivity index (χ1) is 9.97. The second-order valence-corrected chi connectivity index (χ2v) is 6.09. The van der Waals surface area contributed by atoms with Crippen molar-refractivity contribution >= 4 is 68.1 Å². The highest BCUT2D eigenvalue weighted by atomic mass is 79.9. The summed E-state index contributed by atoms with van der Waals surface area (Å²) in [7, 11) is 0. The first-order valence-electron chi connectivity index (χ1n) is 5.79. The number of hydrogen-bond acceptors (Lipinski definition) is 2. The normalized spacial score (nSPS) is 10.0. The van der Waals surface area contributed by atoms with Crippen LogP contribution < -0.4 is 10.6 Å². The highest BCUT2D eigenvalue weighted by Crippen LogP contribution is 2.25. The first kappa shape index (κ1) is 16.2. The molecule has 0 aromatic heterocycles. The number of amides is 1. The van der Waals surface area contributed by atoms with Crippen LogP contribution in [-0.2, 0) is 0 Å². The molecule has 2 aromatic rings. The summed E-state index contributed by atoms with van der Waals surface area (Å²) in [4.78, 5) is 12.0. The van der Waals surface area contributed by atoms with Gasteiger partial charge in [-0.1, -0.05) is 35.3 Å². The largest absolute Gasteiger partial charge is 0.332 e. The summed E-state index contributed by atoms with van der Waals surface area (Å²) in [6, 6.07) is 12.0. The first-order valence-corrected chi connectivity index (χ1v) is 7.75. The topological polar surface area (TPSA) is 41.1 Å². The number of halogens is 3. The zero-order valence-electron chi connectivity index (χ0n) is 10.5. The van der Waals surface area contributed by atoms with Gasteiger partial charge in [0.1, 0.15) is 0 Å². The minimum absolute atomic E-state index is 0.165. The highest BCUT2D eigenvalue weighted by molar-refractivity contribution is 9.10. The lowest BCUT2D eigenvalue weighted by Crippen LogP contribution is -2.34. The molecule has 7 heteroatoms. The lowest BCUT2D eigenvalue weighted by Gasteiger charge is -2.10. The molecule has 3 nitrogen and oxygen atoms in total. The number of carbonyl (C=O) groups excluding carboxylic acids is 1. The van der Waals surface area contributed by atoms with Crippen LogP contribution in [0.5, 0.6) is 0 Å². The molecule has 0 saturated carbocycles. The maximum atomic E-state index is 12.0. The molecule has 0 unspecified atom stereocenters. The summed E-state index contributed by atoms with van der Waals surface area (Å²) >= 11 is 20.3. The third-order valence-corrected chi connectivity index (χ3v) is 4.29. The van der Waals surface area contributed by atoms with E-state index in [1.165, 1.54) is 0 Å². The number of carbonyl (C=O) groups is 1. The molecule has 0 spiro atoms. The van der Waals surface area contributed by atoms with Gasteiger partial charge < -0.3 is 5.32 Å². The standard InChI is InChI=1S/C14H9BrCl2N2OS/c15-10-6-5-8(7-12(10)17)18-14(21)19-13(20)9-3-1-2-4-11(9)16/h1-7H,(H2,18,19,20,21). The fourth-order valence-electron chi connectivity index (χ4n) is 1.55. The van der Waals surface area contributed by atoms with Crippen molar-refractivity contribution in [3.63, 3.8) is 0 Å². The van der Waals surface area contributed by atoms with Gasteiger partial charge in [-0.3, -0.25) is 10.1 Å². The van der Waals surface area contributed by atoms with Crippen LogP contribution in [-0.4, -0.2) is 11.0 Å². The molecular formula is C14H9BrCl2N2OS. The van der Waals surface area contributed by atoms with Gasteiger partial charge in [-0.15, -0.1) is 0 Å². The zero-order valence-corrected chi connectivity index (χ0v) is 14.4. The van der Waals surface area contributed by atoms with E-state index in [1.54, 1.807) is 42.5 Å². The van der Waals surface area contributed by atoms with Crippen molar-refractivity contribution < 1.29 is 4.79 Å². The van der Waals surface area contributed by atoms with Crippen LogP contribution in [0.1, 0.15) is 10.4 Å². The van der Waals surface area contributed by atoms with Crippen LogP contribution in [0.2, 0.25) is 10.0 Å². The molecule has 0 atom stereocenters. The number of thiocarbonyl (C=S) groups is 1. The van der Waals surface area contributed by atoms with E-state index < -0.39 is 0 Å². The number of anilines is 1. The molecule has 2 N–H and O–H groups in total. The van der Waals surface area contributed by atoms with Gasteiger partial charge >= 0.3 is 0 Å². The maximum Gasteiger partial charge on any atom is 0.258 e. The number of benzene rings is 2. The summed E-state index contributed by atoms with van der Waals surface area (Å²) in [5.74, 6) is -0.374. The smallest absolute Gasteiger partial charge is 0.258 e. The zero-order chi connectivity index (χ0) is 15.4. The minimum atomic E-state index is -0.374. The lowest BCUT2D eigenvalue weighted by atomic mass is 10.2. The van der Waals surface area contributed by atoms with Gasteiger partial charge in [0.15, 0.2) is 5.11 Å². The van der Waals surface area contributed by atoms with Gasteiger partial charge in [0.2, 0.25) is 0 Å². The molecule has 21 heavy (non-hydrogen) atoms. The van der Waals surface area contributed by atoms with Crippen LogP contribution in [0.25, 0.3) is 0 Å². The molecule has 2 aromatic carbocycles. The molecule has 0 radical (unpaired) electrons. The molecule has 108 valence electrons. The van der Waals surface area contributed by atoms with Crippen LogP contribution >= 0.6 is 51.3 Å². The van der Waals surface area contributed by atoms with Gasteiger partial charge in [0, 0.05) is 10.2 Å². The van der Waals surface area contributed by atoms with E-state index in [4.69, 9.17) is 35.4 Å². The van der Waals surface area contributed by atoms with E-state index >= 15 is 0 Å². The number of hydrogen-bond donors (Lipinski definition) is 2. The third-order valence-electron chi connectivity index (χ3n) is 2.52. The summed E-state index contributed by atoms with van der Waals surface area (Å²) in [5.41, 5.74) is 1.03. The Morgan fingerprint density at radius 1 is 1.10 bits per heavy atom. The second-order valence-electron chi connectivity index (χ2n) is 4.02. The second kappa shape index (κ2) is 7.22. The van der Waals surface area contributed by atoms with Crippen LogP contribution in [0.15, 0.2) is 46.9 Å². The summed E-state index contributed by atoms with van der Waals surface area (Å²) in [6.07, 6.45) is 0. The third kappa shape index (κ3) is 4.41. The minimum Gasteiger partial charge on any atom is -0.332 e. The molecule has 2 rings (SSSR count). The lowest BCUT2D eigenvalue weighted by molar-refractivity contribution is 0.0978. The van der Waals surface area contributed by atoms with Crippen molar-refractivity contribution in [1.29, 1.82) is 0 Å². The Bertz CT molecular complexity index is 709. The van der Waals surface area contributed by atoms with Crippen molar-refractivity contribution in [3.05, 3.63) is 62.5 Å². The van der Waals surface area contributed by atoms with E-state index in [1.807, 2.05) is 0 Å². The average molecular weight is 404 g/mol. The van der Waals surface area contributed by atoms with E-state index in [0.29, 0.717) is 21.3 Å². The predicted molar refractivity (Wildman–Crippen MR) is 94.3 cm³/mol. The Labute approximate surface area is 145 Å². The Hall–Kier alpha value is -1.14. The molecule has 0 saturated heterocycles. The summed E-state index contributed by atoms with van der Waals surface area (Å²) in [5, 5.41) is 6.52. The monoisotopic (exact) mass is 402 g/mol. The Morgan fingerprint density at radius 3 is 2.48 bits per heavy atom. The van der Waals surface area contributed by atoms with Crippen molar-refractivity contribution in [2.24, 2.45) is 0 Å². The summed E-state index contributed by atoms with van der Waals surface area (Å²) < 4.78 is 0.778. The molecule has 0 heterocycles. The van der Waals surface area contributed by atoms with Gasteiger partial charge in [-0.25, -0.2) is 0 Å². The van der Waals surface area contributed by atoms with Crippen molar-refractivity contribution in [2.45, 2.75) is 0 Å². The van der Waals surface area contributed by atoms with Crippen molar-refractivity contribution in [1.82, 2.24) is 5.32 Å². The number of nitrogens with one attached hydrogen (secondary N) is 2. The van der Waals surface area contributed by atoms with Crippen LogP contribution in [0.4, 0.5) is 5.69 Å². The quantitative estimate of drug-likeness (QED) is 0.702. The average Bonchev–Trinajstić information content (AvgIpc) is 2.43. The van der Waals surface area contributed by atoms with E-state index in [9.17, 15) is 4.79 Å². The SMILES string of the molecule is O=C(NC(=S)Nc1ccc(Br)c(Cl)c1)c1ccccc1Cl. The fraction of sp³-hybridized carbons (Fsp3) is 0. The van der Waals surface area contributed by atoms with Gasteiger partial charge in [0.05, 0.1) is 15.6 Å². The summed E-state index contributed by atoms with van der Waals surface area (Å²) in [6.45, 7) is 0. The van der Waals surface area contributed by atoms with Crippen LogP contribution in [0.3, 0.4) is 0 Å². The molecule has 0 bridgehead atoms. The van der Waals surface area contributed by atoms with Crippen molar-refractivity contribution in [2.75, 3.05) is 5.32 Å². The van der Waals surface area contributed by atoms with Gasteiger partial charge in [-0.2, -0.15) is 0 Å². The Kier molecular flexibility index (Phi) is 5.58. The van der Waals surface area contributed by atoms with Gasteiger partial charge in [0.25, 0.3) is 5.91 Å². The van der Waals surface area contributed by atoms with E-state index in [2.05, 4.69) is 26.6 Å². The van der Waals surface area contributed by atoms with E-state index in [-0.39, 0.29) is 11.0 Å². The van der Waals surface area contributed by atoms with E-state index in [0.717, 1.165) is 4.47 Å². The Morgan fingerprint density at radius 2 is 1.81 bits per heavy atom. The molecule has 0 aliphatic heterocycles.